The number of ketones is 1. The summed E-state index contributed by atoms with van der Waals surface area (Å²) in [5, 5.41) is 9.82. The number of nitrogens with zero attached hydrogens (tertiary/aromatic N) is 2. The second-order valence-electron chi connectivity index (χ2n) is 7.44. The molecule has 1 atom stereocenters. The summed E-state index contributed by atoms with van der Waals surface area (Å²) in [6, 6.07) is 7.43. The number of ether oxygens (including phenoxy) is 1. The summed E-state index contributed by atoms with van der Waals surface area (Å²) in [6.07, 6.45) is 0.0804. The molecular formula is C23H18F2N2O5. The number of imide groups is 1. The fourth-order valence-electron chi connectivity index (χ4n) is 3.46. The highest BCUT2D eigenvalue weighted by Gasteiger charge is 2.36. The maximum absolute atomic E-state index is 13.8. The number of carbonyl (C=O) groups excluding carboxylic acids is 3. The molecule has 7 nitrogen and oxygen atoms in total. The van der Waals surface area contributed by atoms with Gasteiger partial charge in [0.1, 0.15) is 24.0 Å². The number of aliphatic hydroxyl groups excluding tert-OH is 1. The summed E-state index contributed by atoms with van der Waals surface area (Å²) in [5.41, 5.74) is 0.969. The van der Waals surface area contributed by atoms with Crippen LogP contribution in [-0.4, -0.2) is 46.0 Å². The highest BCUT2D eigenvalue weighted by Crippen LogP contribution is 2.28. The van der Waals surface area contributed by atoms with Crippen LogP contribution < -0.4 is 4.74 Å². The summed E-state index contributed by atoms with van der Waals surface area (Å²) in [7, 11) is 0. The third kappa shape index (κ3) is 3.94. The van der Waals surface area contributed by atoms with E-state index in [4.69, 9.17) is 4.74 Å². The minimum atomic E-state index is -1.32. The number of hydrogen-bond acceptors (Lipinski definition) is 6. The van der Waals surface area contributed by atoms with E-state index in [0.29, 0.717) is 0 Å². The fraction of sp³-hybridized carbons (Fsp3) is 0.217. The van der Waals surface area contributed by atoms with Crippen molar-refractivity contribution in [3.05, 3.63) is 76.5 Å². The second-order valence-corrected chi connectivity index (χ2v) is 7.44. The van der Waals surface area contributed by atoms with Crippen LogP contribution in [-0.2, 0) is 11.4 Å². The van der Waals surface area contributed by atoms with Gasteiger partial charge in [-0.25, -0.2) is 8.78 Å². The molecule has 164 valence electrons. The maximum Gasteiger partial charge on any atom is 0.261 e. The molecule has 2 aromatic rings. The van der Waals surface area contributed by atoms with Crippen LogP contribution >= 0.6 is 0 Å². The molecule has 2 heterocycles. The number of fused-ring (bicyclic) bond motifs is 1. The highest BCUT2D eigenvalue weighted by atomic mass is 19.1. The van der Waals surface area contributed by atoms with Crippen LogP contribution in [0.15, 0.2) is 53.2 Å². The van der Waals surface area contributed by atoms with Crippen LogP contribution in [0.2, 0.25) is 0 Å². The van der Waals surface area contributed by atoms with Crippen molar-refractivity contribution in [2.24, 2.45) is 4.99 Å². The first kappa shape index (κ1) is 21.5. The molecule has 32 heavy (non-hydrogen) atoms. The summed E-state index contributed by atoms with van der Waals surface area (Å²) in [6.45, 7) is 1.29. The van der Waals surface area contributed by atoms with Crippen LogP contribution in [0.25, 0.3) is 0 Å². The van der Waals surface area contributed by atoms with Gasteiger partial charge in [-0.05, 0) is 43.7 Å². The number of aliphatic imine (C=N–C) groups is 1. The lowest BCUT2D eigenvalue weighted by atomic mass is 9.99. The van der Waals surface area contributed by atoms with Crippen molar-refractivity contribution >= 4 is 23.3 Å². The van der Waals surface area contributed by atoms with Gasteiger partial charge in [-0.15, -0.1) is 0 Å². The van der Waals surface area contributed by atoms with Crippen molar-refractivity contribution in [1.29, 1.82) is 0 Å². The highest BCUT2D eigenvalue weighted by molar-refractivity contribution is 6.21. The average Bonchev–Trinajstić information content (AvgIpc) is 3.00. The van der Waals surface area contributed by atoms with E-state index >= 15 is 0 Å². The van der Waals surface area contributed by atoms with Gasteiger partial charge in [-0.1, -0.05) is 0 Å². The van der Waals surface area contributed by atoms with E-state index in [1.165, 1.54) is 37.4 Å². The summed E-state index contributed by atoms with van der Waals surface area (Å²) < 4.78 is 32.3. The van der Waals surface area contributed by atoms with Crippen LogP contribution in [0.3, 0.4) is 0 Å². The largest absolute Gasteiger partial charge is 0.489 e. The van der Waals surface area contributed by atoms with Crippen LogP contribution in [0.1, 0.15) is 39.6 Å². The zero-order valence-electron chi connectivity index (χ0n) is 17.0. The molecule has 0 radical (unpaired) electrons. The average molecular weight is 440 g/mol. The van der Waals surface area contributed by atoms with Gasteiger partial charge in [0, 0.05) is 29.9 Å². The quantitative estimate of drug-likeness (QED) is 0.697. The van der Waals surface area contributed by atoms with Gasteiger partial charge in [-0.3, -0.25) is 24.3 Å². The predicted molar refractivity (Wildman–Crippen MR) is 109 cm³/mol. The van der Waals surface area contributed by atoms with Crippen molar-refractivity contribution in [2.45, 2.75) is 26.1 Å². The van der Waals surface area contributed by atoms with Gasteiger partial charge in [0.15, 0.2) is 11.9 Å². The molecule has 2 aromatic carbocycles. The summed E-state index contributed by atoms with van der Waals surface area (Å²) in [4.78, 5) is 42.5. The minimum absolute atomic E-state index is 0.0534. The Kier molecular flexibility index (Phi) is 5.67. The molecule has 0 bridgehead atoms. The molecule has 0 saturated heterocycles. The van der Waals surface area contributed by atoms with Crippen LogP contribution in [0.5, 0.6) is 5.75 Å². The molecule has 1 unspecified atom stereocenters. The van der Waals surface area contributed by atoms with Crippen molar-refractivity contribution in [1.82, 2.24) is 4.90 Å². The normalized spacial score (nSPS) is 17.9. The monoisotopic (exact) mass is 440 g/mol. The number of Topliss-reactive ketones (excluding diaryl/α,β-unsaturated/α-hetero) is 1. The number of rotatable bonds is 6. The number of hydrogen-bond donors (Lipinski definition) is 1. The van der Waals surface area contributed by atoms with Gasteiger partial charge < -0.3 is 9.84 Å². The molecule has 2 aliphatic heterocycles. The summed E-state index contributed by atoms with van der Waals surface area (Å²) in [5.74, 6) is -2.76. The van der Waals surface area contributed by atoms with Gasteiger partial charge in [0.25, 0.3) is 11.8 Å². The molecule has 9 heteroatoms. The second kappa shape index (κ2) is 8.43. The van der Waals surface area contributed by atoms with Crippen LogP contribution in [0.4, 0.5) is 8.78 Å². The number of benzene rings is 2. The molecule has 0 saturated carbocycles. The molecule has 0 spiro atoms. The number of aliphatic hydroxyl groups is 1. The van der Waals surface area contributed by atoms with E-state index in [9.17, 15) is 28.3 Å². The lowest BCUT2D eigenvalue weighted by molar-refractivity contribution is -0.120. The Morgan fingerprint density at radius 2 is 1.81 bits per heavy atom. The van der Waals surface area contributed by atoms with Crippen molar-refractivity contribution < 1.29 is 33.0 Å². The van der Waals surface area contributed by atoms with Gasteiger partial charge in [-0.2, -0.15) is 0 Å². The summed E-state index contributed by atoms with van der Waals surface area (Å²) >= 11 is 0. The Balaban J connectivity index is 1.45. The lowest BCUT2D eigenvalue weighted by Gasteiger charge is -2.18. The van der Waals surface area contributed by atoms with Crippen molar-refractivity contribution in [2.75, 3.05) is 6.54 Å². The van der Waals surface area contributed by atoms with Gasteiger partial charge in [0.05, 0.1) is 16.8 Å². The first-order chi connectivity index (χ1) is 15.3. The topological polar surface area (TPSA) is 96.3 Å². The third-order valence-electron chi connectivity index (χ3n) is 5.34. The molecule has 1 N–H and O–H groups in total. The standard InChI is InChI=1S/C23H18F2N2O5/c1-12-20(28)21(29)13(10-26-12)6-7-27-22(30)17-5-4-16(9-18(17)23(27)31)32-11-14-2-3-15(24)8-19(14)25/h2-5,8-10,20,28H,6-7,11H2,1H3. The van der Waals surface area contributed by atoms with E-state index in [-0.39, 0.29) is 53.3 Å². The molecule has 2 aliphatic rings. The molecule has 0 aliphatic carbocycles. The van der Waals surface area contributed by atoms with E-state index in [1.54, 1.807) is 0 Å². The molecule has 0 aromatic heterocycles. The van der Waals surface area contributed by atoms with Crippen molar-refractivity contribution in [3.8, 4) is 5.75 Å². The first-order valence-corrected chi connectivity index (χ1v) is 9.79. The zero-order valence-corrected chi connectivity index (χ0v) is 17.0. The number of amides is 2. The molecule has 0 fully saturated rings. The fourth-order valence-corrected chi connectivity index (χ4v) is 3.46. The SMILES string of the molecule is CC1=NC=C(CCN2C(=O)c3ccc(OCc4ccc(F)cc4F)cc3C2=O)C(=O)C1O. The molecule has 2 amide bonds. The predicted octanol–water partition coefficient (Wildman–Crippen LogP) is 2.82. The van der Waals surface area contributed by atoms with E-state index in [1.807, 2.05) is 0 Å². The van der Waals surface area contributed by atoms with Crippen molar-refractivity contribution in [3.63, 3.8) is 0 Å². The van der Waals surface area contributed by atoms with Crippen LogP contribution in [0, 0.1) is 11.6 Å². The Bertz CT molecular complexity index is 1200. The zero-order chi connectivity index (χ0) is 23.0. The Labute approximate surface area is 181 Å². The smallest absolute Gasteiger partial charge is 0.261 e. The molecule has 4 rings (SSSR count). The first-order valence-electron chi connectivity index (χ1n) is 9.79. The van der Waals surface area contributed by atoms with Gasteiger partial charge in [0.2, 0.25) is 0 Å². The van der Waals surface area contributed by atoms with Gasteiger partial charge >= 0.3 is 0 Å². The Morgan fingerprint density at radius 1 is 1.06 bits per heavy atom. The Morgan fingerprint density at radius 3 is 2.56 bits per heavy atom. The minimum Gasteiger partial charge on any atom is -0.489 e. The maximum atomic E-state index is 13.8. The molecular weight excluding hydrogens is 422 g/mol. The number of carbonyl (C=O) groups is 3. The van der Waals surface area contributed by atoms with E-state index < -0.39 is 35.3 Å². The third-order valence-corrected chi connectivity index (χ3v) is 5.34. The number of halogens is 2. The van der Waals surface area contributed by atoms with E-state index in [2.05, 4.69) is 4.99 Å². The Hall–Kier alpha value is -3.72. The van der Waals surface area contributed by atoms with E-state index in [0.717, 1.165) is 17.0 Å². The lowest BCUT2D eigenvalue weighted by Crippen LogP contribution is -2.35.